The molecular weight excluding hydrogens is 346 g/mol. The number of allylic oxidation sites excluding steroid dienone is 2. The van der Waals surface area contributed by atoms with Crippen LogP contribution in [-0.2, 0) is 11.3 Å². The summed E-state index contributed by atoms with van der Waals surface area (Å²) in [4.78, 5) is 10.6. The second kappa shape index (κ2) is 11.4. The largest absolute Gasteiger partial charge is 0.481 e. The lowest BCUT2D eigenvalue weighted by Crippen LogP contribution is -2.27. The highest BCUT2D eigenvalue weighted by atomic mass is 35.5. The molecule has 1 aromatic carbocycles. The minimum Gasteiger partial charge on any atom is -0.481 e. The Morgan fingerprint density at radius 1 is 1.31 bits per heavy atom. The first-order valence-corrected chi connectivity index (χ1v) is 10.3. The molecule has 0 spiro atoms. The fourth-order valence-corrected chi connectivity index (χ4v) is 4.05. The third kappa shape index (κ3) is 7.51. The molecule has 2 atom stereocenters. The van der Waals surface area contributed by atoms with Crippen LogP contribution in [0, 0.1) is 18.8 Å². The van der Waals surface area contributed by atoms with Gasteiger partial charge >= 0.3 is 5.97 Å². The summed E-state index contributed by atoms with van der Waals surface area (Å²) in [5, 5.41) is 13.2. The first-order valence-electron chi connectivity index (χ1n) is 9.90. The molecule has 4 heteroatoms. The van der Waals surface area contributed by atoms with Gasteiger partial charge in [0.2, 0.25) is 0 Å². The van der Waals surface area contributed by atoms with Crippen LogP contribution in [-0.4, -0.2) is 17.6 Å². The van der Waals surface area contributed by atoms with E-state index in [4.69, 9.17) is 16.7 Å². The van der Waals surface area contributed by atoms with Crippen molar-refractivity contribution in [2.24, 2.45) is 11.8 Å². The summed E-state index contributed by atoms with van der Waals surface area (Å²) < 4.78 is 0. The quantitative estimate of drug-likeness (QED) is 0.327. The van der Waals surface area contributed by atoms with Crippen LogP contribution >= 0.6 is 11.6 Å². The van der Waals surface area contributed by atoms with Gasteiger partial charge in [-0.15, -0.1) is 0 Å². The highest BCUT2D eigenvalue weighted by Crippen LogP contribution is 2.30. The van der Waals surface area contributed by atoms with Gasteiger partial charge in [0, 0.05) is 18.0 Å². The Bertz CT molecular complexity index is 600. The number of nitrogens with one attached hydrogen (secondary N) is 1. The predicted octanol–water partition coefficient (Wildman–Crippen LogP) is 5.75. The van der Waals surface area contributed by atoms with Gasteiger partial charge < -0.3 is 10.4 Å². The molecule has 26 heavy (non-hydrogen) atoms. The Hall–Kier alpha value is -1.32. The van der Waals surface area contributed by atoms with Crippen LogP contribution in [0.3, 0.4) is 0 Å². The second-order valence-electron chi connectivity index (χ2n) is 7.50. The molecule has 0 aliphatic heterocycles. The van der Waals surface area contributed by atoms with E-state index in [1.807, 2.05) is 6.07 Å². The van der Waals surface area contributed by atoms with Gasteiger partial charge in [-0.25, -0.2) is 0 Å². The van der Waals surface area contributed by atoms with Crippen LogP contribution in [0.15, 0.2) is 30.4 Å². The Morgan fingerprint density at radius 2 is 2.12 bits per heavy atom. The van der Waals surface area contributed by atoms with E-state index in [0.717, 1.165) is 36.5 Å². The topological polar surface area (TPSA) is 49.3 Å². The Balaban J connectivity index is 1.83. The summed E-state index contributed by atoms with van der Waals surface area (Å²) in [6.45, 7) is 3.88. The van der Waals surface area contributed by atoms with Gasteiger partial charge in [0.25, 0.3) is 0 Å². The van der Waals surface area contributed by atoms with Gasteiger partial charge in [-0.2, -0.15) is 0 Å². The third-order valence-corrected chi connectivity index (χ3v) is 5.64. The van der Waals surface area contributed by atoms with Crippen molar-refractivity contribution in [3.8, 4) is 0 Å². The summed E-state index contributed by atoms with van der Waals surface area (Å²) in [6, 6.07) is 6.24. The first kappa shape index (κ1) is 21.0. The Kier molecular flexibility index (Phi) is 9.21. The van der Waals surface area contributed by atoms with Crippen molar-refractivity contribution in [2.45, 2.75) is 64.8 Å². The molecule has 0 amide bonds. The molecule has 0 heterocycles. The number of hydrogen-bond acceptors (Lipinski definition) is 2. The summed E-state index contributed by atoms with van der Waals surface area (Å²) in [6.07, 6.45) is 12.8. The van der Waals surface area contributed by atoms with E-state index in [1.54, 1.807) is 0 Å². The Morgan fingerprint density at radius 3 is 2.88 bits per heavy atom. The fraction of sp³-hybridized carbons (Fsp3) is 0.591. The average molecular weight is 378 g/mol. The van der Waals surface area contributed by atoms with Crippen LogP contribution in [0.5, 0.6) is 0 Å². The van der Waals surface area contributed by atoms with E-state index in [-0.39, 0.29) is 6.42 Å². The van der Waals surface area contributed by atoms with Crippen LogP contribution in [0.4, 0.5) is 0 Å². The number of carbonyl (C=O) groups is 1. The zero-order valence-electron chi connectivity index (χ0n) is 15.8. The summed E-state index contributed by atoms with van der Waals surface area (Å²) >= 11 is 6.33. The van der Waals surface area contributed by atoms with Crippen molar-refractivity contribution >= 4 is 17.6 Å². The molecule has 1 aromatic rings. The molecule has 1 aliphatic carbocycles. The fourth-order valence-electron chi connectivity index (χ4n) is 3.75. The number of carboxylic acid groups (broad SMARTS) is 1. The lowest BCUT2D eigenvalue weighted by atomic mass is 9.87. The van der Waals surface area contributed by atoms with Crippen molar-refractivity contribution < 1.29 is 9.90 Å². The van der Waals surface area contributed by atoms with Crippen LogP contribution in [0.25, 0.3) is 0 Å². The van der Waals surface area contributed by atoms with Gasteiger partial charge in [0.1, 0.15) is 0 Å². The average Bonchev–Trinajstić information content (AvgIpc) is 2.81. The number of aliphatic carboxylic acids is 1. The maximum absolute atomic E-state index is 10.6. The van der Waals surface area contributed by atoms with Crippen molar-refractivity contribution in [2.75, 3.05) is 6.54 Å². The molecule has 2 N–H and O–H groups in total. The van der Waals surface area contributed by atoms with E-state index in [9.17, 15) is 4.79 Å². The van der Waals surface area contributed by atoms with Gasteiger partial charge in [-0.1, -0.05) is 55.1 Å². The van der Waals surface area contributed by atoms with Gasteiger partial charge in [0.05, 0.1) is 0 Å². The van der Waals surface area contributed by atoms with E-state index < -0.39 is 5.97 Å². The maximum atomic E-state index is 10.6. The molecule has 0 bridgehead atoms. The molecule has 1 fully saturated rings. The number of benzene rings is 1. The molecule has 0 saturated heterocycles. The molecule has 1 aliphatic rings. The summed E-state index contributed by atoms with van der Waals surface area (Å²) in [5.41, 5.74) is 2.35. The SMILES string of the molecule is Cc1ccc(CNC[C@H]2CCCCC[C@@H]2/C=C\CCCC(=O)O)c(Cl)c1. The molecule has 0 radical (unpaired) electrons. The number of unbranched alkanes of at least 4 members (excludes halogenated alkanes) is 1. The lowest BCUT2D eigenvalue weighted by Gasteiger charge is -2.23. The van der Waals surface area contributed by atoms with Crippen molar-refractivity contribution in [3.05, 3.63) is 46.5 Å². The van der Waals surface area contributed by atoms with Gasteiger partial charge in [-0.05, 0) is 68.2 Å². The number of carboxylic acids is 1. The molecule has 144 valence electrons. The monoisotopic (exact) mass is 377 g/mol. The lowest BCUT2D eigenvalue weighted by molar-refractivity contribution is -0.137. The zero-order chi connectivity index (χ0) is 18.8. The third-order valence-electron chi connectivity index (χ3n) is 5.29. The van der Waals surface area contributed by atoms with Crippen molar-refractivity contribution in [1.29, 1.82) is 0 Å². The standard InChI is InChI=1S/C22H32ClNO2/c1-17-12-13-20(21(23)14-17)16-24-15-19-10-6-2-4-8-18(19)9-5-3-7-11-22(25)26/h5,9,12-14,18-19,24H,2-4,6-8,10-11,15-16H2,1H3,(H,25,26)/b9-5-/t18-,19-/m1/s1. The minimum absolute atomic E-state index is 0.261. The van der Waals surface area contributed by atoms with E-state index in [0.29, 0.717) is 11.8 Å². The smallest absolute Gasteiger partial charge is 0.303 e. The van der Waals surface area contributed by atoms with Gasteiger partial charge in [0.15, 0.2) is 0 Å². The maximum Gasteiger partial charge on any atom is 0.303 e. The normalized spacial score (nSPS) is 21.0. The Labute approximate surface area is 162 Å². The second-order valence-corrected chi connectivity index (χ2v) is 7.91. The molecule has 0 aromatic heterocycles. The van der Waals surface area contributed by atoms with Gasteiger partial charge in [-0.3, -0.25) is 4.79 Å². The molecule has 0 unspecified atom stereocenters. The van der Waals surface area contributed by atoms with Crippen molar-refractivity contribution in [1.82, 2.24) is 5.32 Å². The highest BCUT2D eigenvalue weighted by Gasteiger charge is 2.21. The molecule has 2 rings (SSSR count). The van der Waals surface area contributed by atoms with E-state index >= 15 is 0 Å². The van der Waals surface area contributed by atoms with Crippen LogP contribution in [0.1, 0.15) is 62.5 Å². The molecular formula is C22H32ClNO2. The number of hydrogen-bond donors (Lipinski definition) is 2. The minimum atomic E-state index is -0.704. The highest BCUT2D eigenvalue weighted by molar-refractivity contribution is 6.31. The molecule has 3 nitrogen and oxygen atoms in total. The first-order chi connectivity index (χ1) is 12.6. The van der Waals surface area contributed by atoms with Crippen LogP contribution in [0.2, 0.25) is 5.02 Å². The summed E-state index contributed by atoms with van der Waals surface area (Å²) in [5.74, 6) is 0.547. The number of halogens is 1. The summed E-state index contributed by atoms with van der Waals surface area (Å²) in [7, 11) is 0. The molecule has 1 saturated carbocycles. The predicted molar refractivity (Wildman–Crippen MR) is 109 cm³/mol. The van der Waals surface area contributed by atoms with Crippen LogP contribution < -0.4 is 5.32 Å². The van der Waals surface area contributed by atoms with E-state index in [2.05, 4.69) is 36.5 Å². The van der Waals surface area contributed by atoms with E-state index in [1.165, 1.54) is 37.7 Å². The number of rotatable bonds is 9. The van der Waals surface area contributed by atoms with Crippen molar-refractivity contribution in [3.63, 3.8) is 0 Å². The zero-order valence-corrected chi connectivity index (χ0v) is 16.6. The number of aryl methyl sites for hydroxylation is 1.